The first-order valence-corrected chi connectivity index (χ1v) is 14.3. The Labute approximate surface area is 257 Å². The number of aliphatic imine (C=N–C) groups is 1. The van der Waals surface area contributed by atoms with Crippen molar-refractivity contribution in [3.05, 3.63) is 100.0 Å². The van der Waals surface area contributed by atoms with Crippen molar-refractivity contribution in [2.75, 3.05) is 24.5 Å². The predicted molar refractivity (Wildman–Crippen MR) is 157 cm³/mol. The number of nitrogens with zero attached hydrogens (tertiary/aromatic N) is 4. The maximum Gasteiger partial charge on any atom is 0.416 e. The normalized spacial score (nSPS) is 17.9. The van der Waals surface area contributed by atoms with Crippen LogP contribution < -0.4 is 15.9 Å². The summed E-state index contributed by atoms with van der Waals surface area (Å²) in [6.45, 7) is -1.50. The summed E-state index contributed by atoms with van der Waals surface area (Å²) in [5.41, 5.74) is -0.169. The predicted octanol–water partition coefficient (Wildman–Crippen LogP) is 5.47. The van der Waals surface area contributed by atoms with E-state index in [4.69, 9.17) is 0 Å². The maximum absolute atomic E-state index is 13.7. The maximum atomic E-state index is 13.7. The van der Waals surface area contributed by atoms with Gasteiger partial charge < -0.3 is 15.2 Å². The number of likely N-dealkylation sites (tertiary alicyclic amines) is 1. The third-order valence-corrected chi connectivity index (χ3v) is 8.01. The second-order valence-corrected chi connectivity index (χ2v) is 11.0. The van der Waals surface area contributed by atoms with Gasteiger partial charge in [0, 0.05) is 30.3 Å². The van der Waals surface area contributed by atoms with Gasteiger partial charge in [-0.3, -0.25) is 14.3 Å². The van der Waals surface area contributed by atoms with Crippen LogP contribution in [0.2, 0.25) is 0 Å². The molecule has 3 heterocycles. The average molecular weight is 645 g/mol. The topological polar surface area (TPSA) is 103 Å². The number of benzene rings is 3. The second kappa shape index (κ2) is 11.7. The van der Waals surface area contributed by atoms with Crippen molar-refractivity contribution in [3.8, 4) is 0 Å². The monoisotopic (exact) mass is 644 g/mol. The number of nitrogens with one attached hydrogen (secondary N) is 2. The van der Waals surface area contributed by atoms with Crippen LogP contribution >= 0.6 is 0 Å². The van der Waals surface area contributed by atoms with Crippen molar-refractivity contribution >= 4 is 34.4 Å². The number of aromatic nitrogens is 2. The fourth-order valence-corrected chi connectivity index (χ4v) is 5.89. The summed E-state index contributed by atoms with van der Waals surface area (Å²) in [5, 5.41) is 2.48. The summed E-state index contributed by atoms with van der Waals surface area (Å²) < 4.78 is 82.4. The minimum absolute atomic E-state index is 0.0113. The SMILES string of the molecule is O=C(N[C@@H]1N=C(c2ccccc2)c2ccccc2N(CC(F)(F)F)C1=O)N1CCC(n2c(=O)[nH]c3ccc(C(F)(F)F)cc32)CC1. The van der Waals surface area contributed by atoms with E-state index in [1.165, 1.54) is 27.7 Å². The van der Waals surface area contributed by atoms with E-state index in [2.05, 4.69) is 15.3 Å². The number of hydrogen-bond donors (Lipinski definition) is 2. The highest BCUT2D eigenvalue weighted by Gasteiger charge is 2.40. The molecule has 2 aliphatic heterocycles. The Balaban J connectivity index is 1.25. The lowest BCUT2D eigenvalue weighted by Crippen LogP contribution is -2.54. The molecular formula is C31H26F6N6O3. The van der Waals surface area contributed by atoms with Crippen molar-refractivity contribution in [1.29, 1.82) is 0 Å². The molecular weight excluding hydrogens is 618 g/mol. The van der Waals surface area contributed by atoms with Crippen LogP contribution in [0.5, 0.6) is 0 Å². The standard InChI is InChI=1S/C31H26F6N6O3/c32-30(33,34)17-42-23-9-5-4-8-21(23)25(18-6-2-1-3-7-18)39-26(27(42)44)40-28(45)41-14-12-20(13-15-41)43-24-16-19(31(35,36)37)10-11-22(24)38-29(43)46/h1-11,16,20,26H,12-15,17H2,(H,38,46)(H,40,45)/t26-/m0/s1. The number of amides is 3. The number of urea groups is 1. The number of fused-ring (bicyclic) bond motifs is 2. The minimum Gasteiger partial charge on any atom is -0.325 e. The molecule has 4 aromatic rings. The summed E-state index contributed by atoms with van der Waals surface area (Å²) in [7, 11) is 0. The first-order chi connectivity index (χ1) is 21.8. The van der Waals surface area contributed by atoms with Crippen LogP contribution in [0.25, 0.3) is 11.0 Å². The molecule has 1 fully saturated rings. The molecule has 1 atom stereocenters. The number of carbonyl (C=O) groups is 2. The zero-order valence-electron chi connectivity index (χ0n) is 23.9. The molecule has 6 rings (SSSR count). The molecule has 1 saturated heterocycles. The number of imidazole rings is 1. The molecule has 15 heteroatoms. The van der Waals surface area contributed by atoms with E-state index in [1.54, 1.807) is 42.5 Å². The first kappa shape index (κ1) is 30.9. The van der Waals surface area contributed by atoms with E-state index < -0.39 is 54.3 Å². The van der Waals surface area contributed by atoms with Crippen LogP contribution in [0.1, 0.15) is 35.6 Å². The molecule has 2 aliphatic rings. The summed E-state index contributed by atoms with van der Waals surface area (Å²) >= 11 is 0. The van der Waals surface area contributed by atoms with Crippen molar-refractivity contribution in [2.24, 2.45) is 4.99 Å². The molecule has 0 spiro atoms. The Bertz CT molecular complexity index is 1870. The molecule has 0 saturated carbocycles. The smallest absolute Gasteiger partial charge is 0.325 e. The number of rotatable bonds is 4. The molecule has 3 amide bonds. The number of carbonyl (C=O) groups excluding carboxylic acids is 2. The zero-order chi connectivity index (χ0) is 32.8. The number of anilines is 1. The van der Waals surface area contributed by atoms with E-state index in [0.29, 0.717) is 10.5 Å². The Morgan fingerprint density at radius 3 is 2.26 bits per heavy atom. The number of benzodiazepines with no additional fused rings is 1. The number of piperidine rings is 1. The summed E-state index contributed by atoms with van der Waals surface area (Å²) in [6.07, 6.45) is -10.7. The number of hydrogen-bond acceptors (Lipinski definition) is 4. The Morgan fingerprint density at radius 1 is 0.913 bits per heavy atom. The number of H-pyrrole nitrogens is 1. The molecule has 9 nitrogen and oxygen atoms in total. The van der Waals surface area contributed by atoms with Crippen LogP contribution in [-0.2, 0) is 11.0 Å². The molecule has 46 heavy (non-hydrogen) atoms. The third kappa shape index (κ3) is 6.08. The molecule has 3 aromatic carbocycles. The molecule has 0 aliphatic carbocycles. The van der Waals surface area contributed by atoms with Gasteiger partial charge in [0.2, 0.25) is 6.17 Å². The average Bonchev–Trinajstić information content (AvgIpc) is 3.31. The quantitative estimate of drug-likeness (QED) is 0.288. The highest BCUT2D eigenvalue weighted by atomic mass is 19.4. The number of aromatic amines is 1. The highest BCUT2D eigenvalue weighted by molar-refractivity contribution is 6.20. The van der Waals surface area contributed by atoms with Gasteiger partial charge in [0.1, 0.15) is 6.54 Å². The summed E-state index contributed by atoms with van der Waals surface area (Å²) in [6, 6.07) is 16.3. The lowest BCUT2D eigenvalue weighted by atomic mass is 10.0. The molecule has 0 unspecified atom stereocenters. The van der Waals surface area contributed by atoms with Crippen molar-refractivity contribution in [2.45, 2.75) is 37.4 Å². The highest BCUT2D eigenvalue weighted by Crippen LogP contribution is 2.33. The van der Waals surface area contributed by atoms with Gasteiger partial charge in [-0.15, -0.1) is 0 Å². The molecule has 240 valence electrons. The molecule has 0 bridgehead atoms. The fourth-order valence-electron chi connectivity index (χ4n) is 5.89. The van der Waals surface area contributed by atoms with E-state index in [-0.39, 0.29) is 53.9 Å². The largest absolute Gasteiger partial charge is 0.416 e. The molecule has 1 aromatic heterocycles. The van der Waals surface area contributed by atoms with Crippen LogP contribution in [-0.4, -0.2) is 64.1 Å². The fraction of sp³-hybridized carbons (Fsp3) is 0.290. The summed E-state index contributed by atoms with van der Waals surface area (Å²) in [4.78, 5) is 48.7. The van der Waals surface area contributed by atoms with Gasteiger partial charge in [-0.2, -0.15) is 26.3 Å². The van der Waals surface area contributed by atoms with Crippen LogP contribution in [0.3, 0.4) is 0 Å². The minimum atomic E-state index is -4.75. The Hall–Kier alpha value is -5.08. The number of halogens is 6. The van der Waals surface area contributed by atoms with E-state index >= 15 is 0 Å². The van der Waals surface area contributed by atoms with Gasteiger partial charge in [0.15, 0.2) is 0 Å². The lowest BCUT2D eigenvalue weighted by Gasteiger charge is -2.33. The van der Waals surface area contributed by atoms with Gasteiger partial charge in [0.05, 0.1) is 28.0 Å². The Morgan fingerprint density at radius 2 is 1.59 bits per heavy atom. The second-order valence-electron chi connectivity index (χ2n) is 11.0. The summed E-state index contributed by atoms with van der Waals surface area (Å²) in [5.74, 6) is -1.08. The van der Waals surface area contributed by atoms with Gasteiger partial charge in [-0.05, 0) is 37.1 Å². The van der Waals surface area contributed by atoms with Crippen molar-refractivity contribution < 1.29 is 35.9 Å². The zero-order valence-corrected chi connectivity index (χ0v) is 23.9. The third-order valence-electron chi connectivity index (χ3n) is 8.01. The van der Waals surface area contributed by atoms with E-state index in [1.807, 2.05) is 0 Å². The van der Waals surface area contributed by atoms with Crippen LogP contribution in [0.4, 0.5) is 36.8 Å². The molecule has 2 N–H and O–H groups in total. The number of alkyl halides is 6. The van der Waals surface area contributed by atoms with Gasteiger partial charge in [0.25, 0.3) is 5.91 Å². The van der Waals surface area contributed by atoms with Crippen molar-refractivity contribution in [3.63, 3.8) is 0 Å². The van der Waals surface area contributed by atoms with Gasteiger partial charge in [-0.1, -0.05) is 48.5 Å². The van der Waals surface area contributed by atoms with Gasteiger partial charge >= 0.3 is 24.1 Å². The van der Waals surface area contributed by atoms with Crippen LogP contribution in [0, 0.1) is 0 Å². The lowest BCUT2D eigenvalue weighted by molar-refractivity contribution is -0.137. The van der Waals surface area contributed by atoms with Gasteiger partial charge in [-0.25, -0.2) is 14.6 Å². The van der Waals surface area contributed by atoms with E-state index in [9.17, 15) is 40.7 Å². The Kier molecular flexibility index (Phi) is 7.86. The van der Waals surface area contributed by atoms with E-state index in [0.717, 1.165) is 12.1 Å². The number of para-hydroxylation sites is 1. The molecule has 0 radical (unpaired) electrons. The van der Waals surface area contributed by atoms with Crippen molar-refractivity contribution in [1.82, 2.24) is 19.8 Å². The van der Waals surface area contributed by atoms with Crippen LogP contribution in [0.15, 0.2) is 82.6 Å². The first-order valence-electron chi connectivity index (χ1n) is 14.3.